The van der Waals surface area contributed by atoms with Crippen LogP contribution in [-0.4, -0.2) is 20.4 Å². The number of fused-ring (bicyclic) bond motifs is 2. The van der Waals surface area contributed by atoms with Gasteiger partial charge in [-0.05, 0) is 42.8 Å². The van der Waals surface area contributed by atoms with Crippen LogP contribution in [0.3, 0.4) is 0 Å². The Kier molecular flexibility index (Phi) is 5.26. The SMILES string of the molecule is Cc1cc(OC(F)F)c(Cn2[nH]c3ccc(C#N)cc3c2=O)c2ccn(SI)c12. The van der Waals surface area contributed by atoms with Crippen molar-refractivity contribution in [1.29, 1.82) is 5.26 Å². The van der Waals surface area contributed by atoms with Crippen molar-refractivity contribution in [3.63, 3.8) is 0 Å². The van der Waals surface area contributed by atoms with Crippen LogP contribution in [0.4, 0.5) is 8.78 Å². The highest BCUT2D eigenvalue weighted by Gasteiger charge is 2.19. The molecule has 10 heteroatoms. The molecule has 2 heterocycles. The normalized spacial score (nSPS) is 11.4. The third-order valence-corrected chi connectivity index (χ3v) is 6.41. The van der Waals surface area contributed by atoms with E-state index >= 15 is 0 Å². The molecule has 0 unspecified atom stereocenters. The van der Waals surface area contributed by atoms with Crippen molar-refractivity contribution >= 4 is 52.1 Å². The first-order valence-electron chi connectivity index (χ1n) is 8.43. The highest BCUT2D eigenvalue weighted by atomic mass is 127. The fourth-order valence-corrected chi connectivity index (χ4v) is 4.85. The van der Waals surface area contributed by atoms with E-state index in [1.54, 1.807) is 18.2 Å². The molecule has 0 aliphatic rings. The molecule has 0 bridgehead atoms. The first-order chi connectivity index (χ1) is 13.9. The van der Waals surface area contributed by atoms with Gasteiger partial charge in [0, 0.05) is 47.5 Å². The van der Waals surface area contributed by atoms with Gasteiger partial charge in [0.05, 0.1) is 34.6 Å². The molecule has 0 fully saturated rings. The summed E-state index contributed by atoms with van der Waals surface area (Å²) in [6.45, 7) is -1.14. The fourth-order valence-electron chi connectivity index (χ4n) is 3.45. The Balaban J connectivity index is 1.91. The number of aromatic nitrogens is 3. The summed E-state index contributed by atoms with van der Waals surface area (Å²) in [4.78, 5) is 12.8. The third-order valence-electron chi connectivity index (χ3n) is 4.68. The van der Waals surface area contributed by atoms with Crippen molar-refractivity contribution in [3.05, 3.63) is 63.6 Å². The number of H-pyrrole nitrogens is 1. The third kappa shape index (κ3) is 3.49. The molecule has 4 rings (SSSR count). The summed E-state index contributed by atoms with van der Waals surface area (Å²) in [5, 5.41) is 13.1. The highest BCUT2D eigenvalue weighted by molar-refractivity contribution is 14.2. The molecule has 0 saturated carbocycles. The number of ether oxygens (including phenoxy) is 1. The molecule has 4 aromatic rings. The molecular weight excluding hydrogens is 513 g/mol. The maximum Gasteiger partial charge on any atom is 0.387 e. The smallest absolute Gasteiger partial charge is 0.387 e. The van der Waals surface area contributed by atoms with Crippen molar-refractivity contribution in [1.82, 2.24) is 13.8 Å². The van der Waals surface area contributed by atoms with Crippen LogP contribution in [0, 0.1) is 18.3 Å². The van der Waals surface area contributed by atoms with Crippen LogP contribution >= 0.6 is 30.3 Å². The summed E-state index contributed by atoms with van der Waals surface area (Å²) in [6.07, 6.45) is 1.84. The molecule has 148 valence electrons. The van der Waals surface area contributed by atoms with Crippen LogP contribution < -0.4 is 10.3 Å². The Labute approximate surface area is 179 Å². The number of benzene rings is 2. The molecule has 2 aromatic carbocycles. The van der Waals surface area contributed by atoms with Crippen molar-refractivity contribution in [3.8, 4) is 11.8 Å². The van der Waals surface area contributed by atoms with E-state index in [2.05, 4.69) is 26.3 Å². The quantitative estimate of drug-likeness (QED) is 0.373. The Morgan fingerprint density at radius 3 is 2.79 bits per heavy atom. The van der Waals surface area contributed by atoms with Crippen LogP contribution in [0.5, 0.6) is 5.75 Å². The van der Waals surface area contributed by atoms with Crippen LogP contribution in [0.1, 0.15) is 16.7 Å². The molecule has 2 aromatic heterocycles. The van der Waals surface area contributed by atoms with E-state index in [1.165, 1.54) is 19.9 Å². The molecule has 0 aliphatic carbocycles. The zero-order valence-corrected chi connectivity index (χ0v) is 17.9. The standard InChI is InChI=1S/C19H13F2IN4O2S/c1-10-6-16(28-19(20)21)14(12-4-5-26(29-22)17(10)12)9-25-18(27)13-7-11(8-23)2-3-15(13)24-25/h2-7,19,24H,9H2,1H3. The van der Waals surface area contributed by atoms with Crippen molar-refractivity contribution in [2.24, 2.45) is 0 Å². The topological polar surface area (TPSA) is 75.7 Å². The van der Waals surface area contributed by atoms with E-state index in [4.69, 9.17) is 10.00 Å². The van der Waals surface area contributed by atoms with Crippen molar-refractivity contribution in [2.75, 3.05) is 0 Å². The number of aromatic amines is 1. The van der Waals surface area contributed by atoms with Gasteiger partial charge in [0.25, 0.3) is 5.56 Å². The lowest BCUT2D eigenvalue weighted by Crippen LogP contribution is -2.18. The second kappa shape index (κ2) is 7.72. The second-order valence-corrected chi connectivity index (χ2v) is 8.11. The lowest BCUT2D eigenvalue weighted by atomic mass is 10.0. The summed E-state index contributed by atoms with van der Waals surface area (Å²) in [7, 11) is 1.46. The summed E-state index contributed by atoms with van der Waals surface area (Å²) in [5.41, 5.74) is 2.74. The maximum absolute atomic E-state index is 13.0. The number of rotatable bonds is 5. The first-order valence-corrected chi connectivity index (χ1v) is 11.7. The minimum Gasteiger partial charge on any atom is -0.434 e. The monoisotopic (exact) mass is 526 g/mol. The zero-order valence-electron chi connectivity index (χ0n) is 14.9. The molecule has 0 radical (unpaired) electrons. The van der Waals surface area contributed by atoms with Gasteiger partial charge in [0.2, 0.25) is 0 Å². The van der Waals surface area contributed by atoms with Gasteiger partial charge in [0.15, 0.2) is 0 Å². The summed E-state index contributed by atoms with van der Waals surface area (Å²) >= 11 is 2.14. The maximum atomic E-state index is 13.0. The number of nitrogens with one attached hydrogen (secondary N) is 1. The van der Waals surface area contributed by atoms with Gasteiger partial charge in [-0.15, -0.1) is 0 Å². The van der Waals surface area contributed by atoms with Gasteiger partial charge in [-0.2, -0.15) is 14.0 Å². The molecule has 1 N–H and O–H groups in total. The number of alkyl halides is 2. The number of halogens is 3. The van der Waals surface area contributed by atoms with Crippen LogP contribution in [0.2, 0.25) is 0 Å². The fraction of sp³-hybridized carbons (Fsp3) is 0.158. The lowest BCUT2D eigenvalue weighted by Gasteiger charge is -2.15. The molecule has 0 aliphatic heterocycles. The average Bonchev–Trinajstić information content (AvgIpc) is 3.26. The largest absolute Gasteiger partial charge is 0.434 e. The Bertz CT molecular complexity index is 1340. The van der Waals surface area contributed by atoms with E-state index in [1.807, 2.05) is 29.2 Å². The molecular formula is C19H13F2IN4O2S. The van der Waals surface area contributed by atoms with E-state index in [0.29, 0.717) is 22.0 Å². The van der Waals surface area contributed by atoms with Gasteiger partial charge in [-0.25, -0.2) is 4.68 Å². The van der Waals surface area contributed by atoms with Crippen LogP contribution in [0.15, 0.2) is 41.3 Å². The Morgan fingerprint density at radius 2 is 2.10 bits per heavy atom. The first kappa shape index (κ1) is 19.8. The van der Waals surface area contributed by atoms with E-state index in [9.17, 15) is 13.6 Å². The molecule has 6 nitrogen and oxygen atoms in total. The van der Waals surface area contributed by atoms with Crippen molar-refractivity contribution < 1.29 is 13.5 Å². The lowest BCUT2D eigenvalue weighted by molar-refractivity contribution is -0.0504. The van der Waals surface area contributed by atoms with Crippen LogP contribution in [0.25, 0.3) is 21.8 Å². The second-order valence-electron chi connectivity index (χ2n) is 6.40. The molecule has 29 heavy (non-hydrogen) atoms. The van der Waals surface area contributed by atoms with Gasteiger partial charge < -0.3 is 4.74 Å². The van der Waals surface area contributed by atoms with Gasteiger partial charge in [-0.1, -0.05) is 0 Å². The van der Waals surface area contributed by atoms with Crippen molar-refractivity contribution in [2.45, 2.75) is 20.1 Å². The number of aryl methyl sites for hydroxylation is 1. The Hall–Kier alpha value is -2.52. The highest BCUT2D eigenvalue weighted by Crippen LogP contribution is 2.36. The average molecular weight is 526 g/mol. The number of nitrogens with zero attached hydrogens (tertiary/aromatic N) is 3. The number of nitriles is 1. The predicted molar refractivity (Wildman–Crippen MR) is 117 cm³/mol. The number of hydrogen-bond donors (Lipinski definition) is 1. The molecule has 0 saturated heterocycles. The van der Waals surface area contributed by atoms with Gasteiger partial charge in [0.1, 0.15) is 5.75 Å². The minimum absolute atomic E-state index is 0.0180. The molecule has 0 amide bonds. The summed E-state index contributed by atoms with van der Waals surface area (Å²) < 4.78 is 34.1. The Morgan fingerprint density at radius 1 is 1.31 bits per heavy atom. The summed E-state index contributed by atoms with van der Waals surface area (Å²) in [6, 6.07) is 10.2. The van der Waals surface area contributed by atoms with E-state index in [-0.39, 0.29) is 17.9 Å². The van der Waals surface area contributed by atoms with Gasteiger partial charge in [-0.3, -0.25) is 13.9 Å². The predicted octanol–water partition coefficient (Wildman–Crippen LogP) is 4.96. The van der Waals surface area contributed by atoms with Crippen LogP contribution in [-0.2, 0) is 6.54 Å². The van der Waals surface area contributed by atoms with E-state index in [0.717, 1.165) is 16.5 Å². The zero-order chi connectivity index (χ0) is 20.7. The van der Waals surface area contributed by atoms with E-state index < -0.39 is 6.61 Å². The molecule has 0 atom stereocenters. The molecule has 0 spiro atoms. The summed E-state index contributed by atoms with van der Waals surface area (Å²) in [5.74, 6) is 0.0319. The number of hydrogen-bond acceptors (Lipinski definition) is 4. The minimum atomic E-state index is -2.98. The van der Waals surface area contributed by atoms with Gasteiger partial charge >= 0.3 is 6.61 Å².